The molecule has 0 radical (unpaired) electrons. The summed E-state index contributed by atoms with van der Waals surface area (Å²) in [6, 6.07) is 8.12. The number of allylic oxidation sites excluding steroid dienone is 1. The molecule has 1 aliphatic heterocycles. The van der Waals surface area contributed by atoms with Crippen LogP contribution in [-0.2, 0) is 9.53 Å². The highest BCUT2D eigenvalue weighted by molar-refractivity contribution is 6.42. The average molecular weight is 393 g/mol. The van der Waals surface area contributed by atoms with Crippen LogP contribution in [0.4, 0.5) is 0 Å². The lowest BCUT2D eigenvalue weighted by molar-refractivity contribution is -0.138. The molecule has 0 fully saturated rings. The third-order valence-electron chi connectivity index (χ3n) is 3.68. The van der Waals surface area contributed by atoms with Crippen LogP contribution >= 0.6 is 23.2 Å². The molecule has 0 aliphatic carbocycles. The van der Waals surface area contributed by atoms with Gasteiger partial charge in [-0.25, -0.2) is 4.79 Å². The van der Waals surface area contributed by atoms with E-state index in [-0.39, 0.29) is 23.9 Å². The van der Waals surface area contributed by atoms with Crippen LogP contribution in [0.15, 0.2) is 36.1 Å². The van der Waals surface area contributed by atoms with Gasteiger partial charge in [0.15, 0.2) is 5.76 Å². The Morgan fingerprint density at radius 1 is 1.19 bits per heavy atom. The van der Waals surface area contributed by atoms with Gasteiger partial charge in [-0.05, 0) is 42.3 Å². The third kappa shape index (κ3) is 3.75. The molecule has 1 aliphatic rings. The van der Waals surface area contributed by atoms with Gasteiger partial charge in [-0.2, -0.15) is 0 Å². The number of methoxy groups -OCH3 is 1. The van der Waals surface area contributed by atoms with Crippen LogP contribution < -0.4 is 9.47 Å². The van der Waals surface area contributed by atoms with Crippen molar-refractivity contribution in [1.29, 1.82) is 0 Å². The van der Waals surface area contributed by atoms with Crippen LogP contribution in [0.25, 0.3) is 6.08 Å². The molecule has 0 bridgehead atoms. The Morgan fingerprint density at radius 2 is 1.96 bits per heavy atom. The Balaban J connectivity index is 1.90. The molecule has 2 aromatic carbocycles. The highest BCUT2D eigenvalue weighted by Crippen LogP contribution is 2.37. The maximum Gasteiger partial charge on any atom is 0.337 e. The van der Waals surface area contributed by atoms with Crippen molar-refractivity contribution in [2.75, 3.05) is 13.7 Å². The summed E-state index contributed by atoms with van der Waals surface area (Å²) in [5, 5.41) is 0.807. The number of benzene rings is 2. The number of esters is 1. The molecule has 5 nitrogen and oxygen atoms in total. The highest BCUT2D eigenvalue weighted by Gasteiger charge is 2.30. The first-order chi connectivity index (χ1) is 12.4. The molecule has 7 heteroatoms. The molecule has 0 unspecified atom stereocenters. The van der Waals surface area contributed by atoms with Crippen molar-refractivity contribution in [2.24, 2.45) is 0 Å². The van der Waals surface area contributed by atoms with Gasteiger partial charge in [0, 0.05) is 13.2 Å². The molecule has 0 aromatic heterocycles. The maximum absolute atomic E-state index is 12.6. The fraction of sp³-hybridized carbons (Fsp3) is 0.158. The van der Waals surface area contributed by atoms with E-state index in [2.05, 4.69) is 0 Å². The molecule has 0 saturated heterocycles. The van der Waals surface area contributed by atoms with Gasteiger partial charge in [-0.3, -0.25) is 4.79 Å². The Bertz CT molecular complexity index is 934. The Kier molecular flexibility index (Phi) is 5.32. The Hall–Kier alpha value is -2.34. The van der Waals surface area contributed by atoms with Crippen LogP contribution in [0.5, 0.6) is 11.5 Å². The summed E-state index contributed by atoms with van der Waals surface area (Å²) in [4.78, 5) is 24.2. The molecular formula is C19H14Cl2O5. The summed E-state index contributed by atoms with van der Waals surface area (Å²) in [5.41, 5.74) is 1.76. The van der Waals surface area contributed by atoms with Crippen molar-refractivity contribution in [2.45, 2.75) is 6.92 Å². The van der Waals surface area contributed by atoms with E-state index in [4.69, 9.17) is 37.4 Å². The second-order valence-corrected chi connectivity index (χ2v) is 6.45. The molecule has 0 N–H and O–H groups in total. The number of hydrogen-bond acceptors (Lipinski definition) is 5. The first-order valence-electron chi connectivity index (χ1n) is 7.62. The van der Waals surface area contributed by atoms with Crippen molar-refractivity contribution >= 4 is 41.0 Å². The molecule has 26 heavy (non-hydrogen) atoms. The Morgan fingerprint density at radius 3 is 2.65 bits per heavy atom. The van der Waals surface area contributed by atoms with Crippen molar-refractivity contribution < 1.29 is 23.8 Å². The van der Waals surface area contributed by atoms with Gasteiger partial charge in [-0.15, -0.1) is 0 Å². The van der Waals surface area contributed by atoms with Gasteiger partial charge >= 0.3 is 5.97 Å². The minimum atomic E-state index is -0.539. The molecule has 2 aromatic rings. The number of Topliss-reactive ketones (excluding diaryl/α,β-unsaturated/α-hetero) is 1. The van der Waals surface area contributed by atoms with Crippen molar-refractivity contribution in [3.05, 3.63) is 62.8 Å². The second-order valence-electron chi connectivity index (χ2n) is 5.63. The predicted octanol–water partition coefficient (Wildman–Crippen LogP) is 4.47. The minimum Gasteiger partial charge on any atom is -0.452 e. The molecule has 0 atom stereocenters. The standard InChI is InChI=1S/C19H14Cl2O5/c1-10-5-12(25-17(22)9-24-2)8-15-18(10)19(23)16(26-15)7-11-3-4-13(20)14(21)6-11/h3-8H,9H2,1-2H3/b16-7-. The zero-order valence-electron chi connectivity index (χ0n) is 14.0. The van der Waals surface area contributed by atoms with Gasteiger partial charge < -0.3 is 14.2 Å². The summed E-state index contributed by atoms with van der Waals surface area (Å²) < 4.78 is 15.6. The van der Waals surface area contributed by atoms with Crippen molar-refractivity contribution in [1.82, 2.24) is 0 Å². The molecule has 1 heterocycles. The van der Waals surface area contributed by atoms with Crippen LogP contribution in [-0.4, -0.2) is 25.5 Å². The van der Waals surface area contributed by atoms with E-state index >= 15 is 0 Å². The van der Waals surface area contributed by atoms with Gasteiger partial charge in [-0.1, -0.05) is 29.3 Å². The molecule has 3 rings (SSSR count). The van der Waals surface area contributed by atoms with Gasteiger partial charge in [0.1, 0.15) is 18.1 Å². The SMILES string of the molecule is COCC(=O)Oc1cc(C)c2c(c1)O/C(=C\c1ccc(Cl)c(Cl)c1)C2=O. The van der Waals surface area contributed by atoms with Crippen molar-refractivity contribution in [3.8, 4) is 11.5 Å². The number of carbonyl (C=O) groups excluding carboxylic acids is 2. The zero-order valence-corrected chi connectivity index (χ0v) is 15.5. The van der Waals surface area contributed by atoms with Gasteiger partial charge in [0.25, 0.3) is 0 Å². The molecule has 0 spiro atoms. The highest BCUT2D eigenvalue weighted by atomic mass is 35.5. The zero-order chi connectivity index (χ0) is 18.8. The summed E-state index contributed by atoms with van der Waals surface area (Å²) in [5.74, 6) is -0.0173. The number of ether oxygens (including phenoxy) is 3. The molecule has 0 amide bonds. The third-order valence-corrected chi connectivity index (χ3v) is 4.42. The van der Waals surface area contributed by atoms with Crippen LogP contribution in [0.3, 0.4) is 0 Å². The topological polar surface area (TPSA) is 61.8 Å². The fourth-order valence-electron chi connectivity index (χ4n) is 2.57. The van der Waals surface area contributed by atoms with E-state index < -0.39 is 5.97 Å². The molecule has 134 valence electrons. The van der Waals surface area contributed by atoms with E-state index in [9.17, 15) is 9.59 Å². The number of hydrogen-bond donors (Lipinski definition) is 0. The summed E-state index contributed by atoms with van der Waals surface area (Å²) in [6.45, 7) is 1.58. The lowest BCUT2D eigenvalue weighted by atomic mass is 10.0. The first-order valence-corrected chi connectivity index (χ1v) is 8.38. The summed E-state index contributed by atoms with van der Waals surface area (Å²) in [7, 11) is 1.40. The van der Waals surface area contributed by atoms with Gasteiger partial charge in [0.2, 0.25) is 5.78 Å². The fourth-order valence-corrected chi connectivity index (χ4v) is 2.88. The number of halogens is 2. The summed E-state index contributed by atoms with van der Waals surface area (Å²) in [6.07, 6.45) is 1.58. The monoisotopic (exact) mass is 392 g/mol. The van der Waals surface area contributed by atoms with Gasteiger partial charge in [0.05, 0.1) is 15.6 Å². The lowest BCUT2D eigenvalue weighted by Gasteiger charge is -2.07. The molecule has 0 saturated carbocycles. The van der Waals surface area contributed by atoms with Crippen LogP contribution in [0, 0.1) is 6.92 Å². The minimum absolute atomic E-state index is 0.154. The van der Waals surface area contributed by atoms with Crippen LogP contribution in [0.2, 0.25) is 10.0 Å². The van der Waals surface area contributed by atoms with E-state index in [0.29, 0.717) is 32.5 Å². The number of aryl methyl sites for hydroxylation is 1. The summed E-state index contributed by atoms with van der Waals surface area (Å²) >= 11 is 11.9. The number of rotatable bonds is 4. The number of fused-ring (bicyclic) bond motifs is 1. The number of ketones is 1. The molecular weight excluding hydrogens is 379 g/mol. The first kappa shape index (κ1) is 18.5. The predicted molar refractivity (Wildman–Crippen MR) is 98.1 cm³/mol. The largest absolute Gasteiger partial charge is 0.452 e. The lowest BCUT2D eigenvalue weighted by Crippen LogP contribution is -2.14. The van der Waals surface area contributed by atoms with E-state index in [1.54, 1.807) is 37.3 Å². The van der Waals surface area contributed by atoms with Crippen LogP contribution in [0.1, 0.15) is 21.5 Å². The number of carbonyl (C=O) groups is 2. The normalized spacial score (nSPS) is 14.3. The quantitative estimate of drug-likeness (QED) is 0.436. The van der Waals surface area contributed by atoms with E-state index in [1.165, 1.54) is 13.2 Å². The second kappa shape index (κ2) is 7.50. The van der Waals surface area contributed by atoms with E-state index in [1.807, 2.05) is 0 Å². The van der Waals surface area contributed by atoms with E-state index in [0.717, 1.165) is 0 Å². The van der Waals surface area contributed by atoms with Crippen molar-refractivity contribution in [3.63, 3.8) is 0 Å². The maximum atomic E-state index is 12.6. The Labute approximate surface area is 160 Å². The smallest absolute Gasteiger partial charge is 0.337 e. The average Bonchev–Trinajstić information content (AvgIpc) is 2.87.